The van der Waals surface area contributed by atoms with Crippen LogP contribution in [0.1, 0.15) is 18.4 Å². The van der Waals surface area contributed by atoms with Gasteiger partial charge < -0.3 is 19.3 Å². The fourth-order valence-corrected chi connectivity index (χ4v) is 1.52. The first-order valence-corrected chi connectivity index (χ1v) is 5.07. The average molecular weight is 240 g/mol. The number of ether oxygens (including phenoxy) is 3. The highest BCUT2D eigenvalue weighted by Gasteiger charge is 2.21. The van der Waals surface area contributed by atoms with Gasteiger partial charge in [-0.05, 0) is 13.0 Å². The van der Waals surface area contributed by atoms with Crippen LogP contribution >= 0.6 is 0 Å². The maximum atomic E-state index is 11.0. The molecular formula is C12H16O5. The van der Waals surface area contributed by atoms with Crippen molar-refractivity contribution in [3.05, 3.63) is 17.7 Å². The second-order valence-corrected chi connectivity index (χ2v) is 3.51. The Morgan fingerprint density at radius 1 is 1.06 bits per heavy atom. The number of hydrogen-bond donors (Lipinski definition) is 1. The molecule has 0 bridgehead atoms. The Morgan fingerprint density at radius 3 is 1.94 bits per heavy atom. The van der Waals surface area contributed by atoms with E-state index < -0.39 is 11.9 Å². The third-order valence-electron chi connectivity index (χ3n) is 2.57. The van der Waals surface area contributed by atoms with Crippen LogP contribution in [-0.4, -0.2) is 32.4 Å². The van der Waals surface area contributed by atoms with E-state index >= 15 is 0 Å². The lowest BCUT2D eigenvalue weighted by Crippen LogP contribution is -2.09. The third-order valence-corrected chi connectivity index (χ3v) is 2.57. The summed E-state index contributed by atoms with van der Waals surface area (Å²) >= 11 is 0. The van der Waals surface area contributed by atoms with Crippen LogP contribution in [0, 0.1) is 0 Å². The summed E-state index contributed by atoms with van der Waals surface area (Å²) in [6, 6.07) is 3.24. The van der Waals surface area contributed by atoms with Crippen LogP contribution in [0.5, 0.6) is 17.2 Å². The van der Waals surface area contributed by atoms with Crippen molar-refractivity contribution in [2.24, 2.45) is 0 Å². The average Bonchev–Trinajstić information content (AvgIpc) is 2.35. The van der Waals surface area contributed by atoms with Gasteiger partial charge in [0.15, 0.2) is 11.5 Å². The number of benzene rings is 1. The van der Waals surface area contributed by atoms with Crippen LogP contribution in [0.3, 0.4) is 0 Å². The summed E-state index contributed by atoms with van der Waals surface area (Å²) in [6.45, 7) is 1.59. The van der Waals surface area contributed by atoms with Crippen molar-refractivity contribution in [3.8, 4) is 17.2 Å². The van der Waals surface area contributed by atoms with Crippen LogP contribution in [0.4, 0.5) is 0 Å². The number of aliphatic carboxylic acids is 1. The molecule has 0 amide bonds. The Hall–Kier alpha value is -1.91. The standard InChI is InChI=1S/C12H16O5/c1-7(12(13)14)8-5-10(16-3)11(17-4)6-9(8)15-2/h5-7H,1-4H3,(H,13,14). The fraction of sp³-hybridized carbons (Fsp3) is 0.417. The molecule has 1 aromatic carbocycles. The summed E-state index contributed by atoms with van der Waals surface area (Å²) in [7, 11) is 4.50. The molecule has 5 heteroatoms. The zero-order valence-electron chi connectivity index (χ0n) is 10.3. The molecule has 0 heterocycles. The summed E-state index contributed by atoms with van der Waals surface area (Å²) < 4.78 is 15.4. The van der Waals surface area contributed by atoms with Crippen LogP contribution < -0.4 is 14.2 Å². The summed E-state index contributed by atoms with van der Waals surface area (Å²) in [6.07, 6.45) is 0. The van der Waals surface area contributed by atoms with E-state index in [1.165, 1.54) is 21.3 Å². The highest BCUT2D eigenvalue weighted by molar-refractivity contribution is 5.77. The summed E-state index contributed by atoms with van der Waals surface area (Å²) in [5, 5.41) is 9.02. The van der Waals surface area contributed by atoms with Crippen molar-refractivity contribution >= 4 is 5.97 Å². The molecule has 0 saturated carbocycles. The van der Waals surface area contributed by atoms with Crippen LogP contribution in [-0.2, 0) is 4.79 Å². The predicted octanol–water partition coefficient (Wildman–Crippen LogP) is 1.90. The van der Waals surface area contributed by atoms with Crippen molar-refractivity contribution in [3.63, 3.8) is 0 Å². The summed E-state index contributed by atoms with van der Waals surface area (Å²) in [5.41, 5.74) is 0.553. The Bertz CT molecular complexity index is 414. The summed E-state index contributed by atoms with van der Waals surface area (Å²) in [4.78, 5) is 11.0. The quantitative estimate of drug-likeness (QED) is 0.851. The van der Waals surface area contributed by atoms with E-state index in [4.69, 9.17) is 19.3 Å². The van der Waals surface area contributed by atoms with Gasteiger partial charge >= 0.3 is 5.97 Å². The Morgan fingerprint density at radius 2 is 1.53 bits per heavy atom. The molecule has 0 saturated heterocycles. The van der Waals surface area contributed by atoms with E-state index in [1.807, 2.05) is 0 Å². The van der Waals surface area contributed by atoms with E-state index in [0.29, 0.717) is 22.8 Å². The molecule has 1 unspecified atom stereocenters. The third kappa shape index (κ3) is 2.61. The normalized spacial score (nSPS) is 11.8. The lowest BCUT2D eigenvalue weighted by molar-refractivity contribution is -0.138. The zero-order chi connectivity index (χ0) is 13.0. The number of carboxylic acid groups (broad SMARTS) is 1. The van der Waals surface area contributed by atoms with E-state index in [2.05, 4.69) is 0 Å². The lowest BCUT2D eigenvalue weighted by atomic mass is 9.99. The first kappa shape index (κ1) is 13.2. The van der Waals surface area contributed by atoms with Gasteiger partial charge in [0, 0.05) is 11.6 Å². The molecule has 17 heavy (non-hydrogen) atoms. The molecule has 94 valence electrons. The second-order valence-electron chi connectivity index (χ2n) is 3.51. The van der Waals surface area contributed by atoms with Crippen molar-refractivity contribution in [2.45, 2.75) is 12.8 Å². The van der Waals surface area contributed by atoms with Crippen molar-refractivity contribution in [1.29, 1.82) is 0 Å². The van der Waals surface area contributed by atoms with Gasteiger partial charge in [0.05, 0.1) is 27.2 Å². The van der Waals surface area contributed by atoms with E-state index in [0.717, 1.165) is 0 Å². The molecule has 1 atom stereocenters. The molecule has 0 fully saturated rings. The topological polar surface area (TPSA) is 65.0 Å². The number of hydrogen-bond acceptors (Lipinski definition) is 4. The molecule has 5 nitrogen and oxygen atoms in total. The predicted molar refractivity (Wildman–Crippen MR) is 62.1 cm³/mol. The van der Waals surface area contributed by atoms with E-state index in [1.54, 1.807) is 19.1 Å². The Labute approximate surface area is 99.9 Å². The molecule has 0 aliphatic heterocycles. The van der Waals surface area contributed by atoms with Gasteiger partial charge in [0.2, 0.25) is 0 Å². The minimum Gasteiger partial charge on any atom is -0.496 e. The minimum absolute atomic E-state index is 0.470. The van der Waals surface area contributed by atoms with Gasteiger partial charge in [-0.2, -0.15) is 0 Å². The van der Waals surface area contributed by atoms with Gasteiger partial charge in [-0.25, -0.2) is 0 Å². The number of carboxylic acids is 1. The van der Waals surface area contributed by atoms with E-state index in [-0.39, 0.29) is 0 Å². The fourth-order valence-electron chi connectivity index (χ4n) is 1.52. The summed E-state index contributed by atoms with van der Waals surface area (Å²) in [5.74, 6) is -0.139. The second kappa shape index (κ2) is 5.43. The monoisotopic (exact) mass is 240 g/mol. The minimum atomic E-state index is -0.921. The van der Waals surface area contributed by atoms with Gasteiger partial charge in [-0.1, -0.05) is 0 Å². The molecule has 1 aromatic rings. The van der Waals surface area contributed by atoms with Gasteiger partial charge in [-0.3, -0.25) is 4.79 Å². The zero-order valence-corrected chi connectivity index (χ0v) is 10.3. The number of methoxy groups -OCH3 is 3. The molecule has 0 aliphatic rings. The first-order valence-electron chi connectivity index (χ1n) is 5.07. The molecule has 0 aromatic heterocycles. The molecule has 1 N–H and O–H groups in total. The van der Waals surface area contributed by atoms with Crippen LogP contribution in [0.25, 0.3) is 0 Å². The van der Waals surface area contributed by atoms with E-state index in [9.17, 15) is 4.79 Å². The van der Waals surface area contributed by atoms with Crippen molar-refractivity contribution in [2.75, 3.05) is 21.3 Å². The van der Waals surface area contributed by atoms with Crippen LogP contribution in [0.2, 0.25) is 0 Å². The molecule has 0 spiro atoms. The smallest absolute Gasteiger partial charge is 0.310 e. The largest absolute Gasteiger partial charge is 0.496 e. The SMILES string of the molecule is COc1cc(OC)c(C(C)C(=O)O)cc1OC. The highest BCUT2D eigenvalue weighted by atomic mass is 16.5. The van der Waals surface area contributed by atoms with Gasteiger partial charge in [0.1, 0.15) is 5.75 Å². The lowest BCUT2D eigenvalue weighted by Gasteiger charge is -2.16. The molecule has 1 rings (SSSR count). The van der Waals surface area contributed by atoms with Crippen molar-refractivity contribution < 1.29 is 24.1 Å². The highest BCUT2D eigenvalue weighted by Crippen LogP contribution is 2.37. The van der Waals surface area contributed by atoms with Gasteiger partial charge in [-0.15, -0.1) is 0 Å². The maximum absolute atomic E-state index is 11.0. The Kier molecular flexibility index (Phi) is 4.20. The number of carbonyl (C=O) groups is 1. The maximum Gasteiger partial charge on any atom is 0.310 e. The van der Waals surface area contributed by atoms with Crippen LogP contribution in [0.15, 0.2) is 12.1 Å². The number of rotatable bonds is 5. The molecule has 0 radical (unpaired) electrons. The molecular weight excluding hydrogens is 224 g/mol. The van der Waals surface area contributed by atoms with Crippen molar-refractivity contribution in [1.82, 2.24) is 0 Å². The molecule has 0 aliphatic carbocycles. The van der Waals surface area contributed by atoms with Gasteiger partial charge in [0.25, 0.3) is 0 Å². The first-order chi connectivity index (χ1) is 8.04. The Balaban J connectivity index is 3.33.